The summed E-state index contributed by atoms with van der Waals surface area (Å²) < 4.78 is 53.7. The maximum atomic E-state index is 13.5. The third-order valence-corrected chi connectivity index (χ3v) is 3.31. The first-order chi connectivity index (χ1) is 8.21. The first-order valence-electron chi connectivity index (χ1n) is 4.91. The lowest BCUT2D eigenvalue weighted by Gasteiger charge is -2.07. The third kappa shape index (κ3) is 3.96. The van der Waals surface area contributed by atoms with Crippen LogP contribution in [0.1, 0.15) is 13.8 Å². The van der Waals surface area contributed by atoms with Crippen molar-refractivity contribution < 1.29 is 21.9 Å². The van der Waals surface area contributed by atoms with Gasteiger partial charge in [0.1, 0.15) is 6.61 Å². The summed E-state index contributed by atoms with van der Waals surface area (Å²) in [5.74, 6) is -2.86. The molecule has 0 fully saturated rings. The maximum absolute atomic E-state index is 13.5. The first kappa shape index (κ1) is 14.9. The Kier molecular flexibility index (Phi) is 4.70. The standard InChI is InChI=1S/C11H11ClF2O3S/c1-7(2)3-4-17-11-9(13)5-8(6-10(11)14)18(12,15)16/h3,5-6H,4H2,1-2H3. The van der Waals surface area contributed by atoms with Crippen LogP contribution < -0.4 is 4.74 Å². The van der Waals surface area contributed by atoms with Crippen molar-refractivity contribution in [2.45, 2.75) is 18.7 Å². The van der Waals surface area contributed by atoms with Crippen molar-refractivity contribution in [1.82, 2.24) is 0 Å². The van der Waals surface area contributed by atoms with Crippen LogP contribution in [0.5, 0.6) is 5.75 Å². The molecule has 1 aromatic rings. The van der Waals surface area contributed by atoms with Gasteiger partial charge in [-0.2, -0.15) is 0 Å². The van der Waals surface area contributed by atoms with Gasteiger partial charge in [0.15, 0.2) is 17.4 Å². The molecule has 0 N–H and O–H groups in total. The highest BCUT2D eigenvalue weighted by molar-refractivity contribution is 8.13. The molecule has 1 aromatic carbocycles. The van der Waals surface area contributed by atoms with Crippen molar-refractivity contribution in [1.29, 1.82) is 0 Å². The molecule has 0 amide bonds. The van der Waals surface area contributed by atoms with E-state index in [-0.39, 0.29) is 6.61 Å². The highest BCUT2D eigenvalue weighted by Crippen LogP contribution is 2.27. The molecule has 0 atom stereocenters. The molecule has 0 heterocycles. The fourth-order valence-corrected chi connectivity index (χ4v) is 1.86. The molecule has 7 heteroatoms. The summed E-state index contributed by atoms with van der Waals surface area (Å²) in [5.41, 5.74) is 0.927. The number of halogens is 3. The number of benzene rings is 1. The largest absolute Gasteiger partial charge is 0.483 e. The molecule has 0 aromatic heterocycles. The molecule has 3 nitrogen and oxygen atoms in total. The molecule has 0 radical (unpaired) electrons. The van der Waals surface area contributed by atoms with Gasteiger partial charge in [-0.05, 0) is 32.1 Å². The van der Waals surface area contributed by atoms with Crippen LogP contribution >= 0.6 is 10.7 Å². The van der Waals surface area contributed by atoms with Gasteiger partial charge in [0.2, 0.25) is 0 Å². The Hall–Kier alpha value is -1.14. The topological polar surface area (TPSA) is 43.4 Å². The van der Waals surface area contributed by atoms with Gasteiger partial charge in [0.05, 0.1) is 4.90 Å². The number of ether oxygens (including phenoxy) is 1. The van der Waals surface area contributed by atoms with Crippen LogP contribution in [0.25, 0.3) is 0 Å². The quantitative estimate of drug-likeness (QED) is 0.633. The van der Waals surface area contributed by atoms with Crippen LogP contribution in [0.4, 0.5) is 8.78 Å². The molecule has 0 saturated heterocycles. The predicted octanol–water partition coefficient (Wildman–Crippen LogP) is 3.24. The van der Waals surface area contributed by atoms with Gasteiger partial charge in [-0.3, -0.25) is 0 Å². The molecule has 100 valence electrons. The van der Waals surface area contributed by atoms with Crippen molar-refractivity contribution in [3.63, 3.8) is 0 Å². The summed E-state index contributed by atoms with van der Waals surface area (Å²) in [6.45, 7) is 3.60. The minimum absolute atomic E-state index is 0.0108. The minimum atomic E-state index is -4.17. The summed E-state index contributed by atoms with van der Waals surface area (Å²) in [6, 6.07) is 1.23. The minimum Gasteiger partial charge on any atom is -0.483 e. The second kappa shape index (κ2) is 5.67. The molecule has 0 saturated carbocycles. The van der Waals surface area contributed by atoms with E-state index in [0.29, 0.717) is 12.1 Å². The van der Waals surface area contributed by atoms with E-state index >= 15 is 0 Å². The van der Waals surface area contributed by atoms with Crippen molar-refractivity contribution in [2.75, 3.05) is 6.61 Å². The van der Waals surface area contributed by atoms with Gasteiger partial charge in [0, 0.05) is 10.7 Å². The van der Waals surface area contributed by atoms with E-state index in [1.54, 1.807) is 19.9 Å². The summed E-state index contributed by atoms with van der Waals surface area (Å²) in [5, 5.41) is 0. The van der Waals surface area contributed by atoms with Crippen molar-refractivity contribution >= 4 is 19.7 Å². The number of rotatable bonds is 4. The highest BCUT2D eigenvalue weighted by Gasteiger charge is 2.18. The molecule has 1 rings (SSSR count). The van der Waals surface area contributed by atoms with E-state index in [1.807, 2.05) is 0 Å². The van der Waals surface area contributed by atoms with Gasteiger partial charge in [-0.1, -0.05) is 5.57 Å². The van der Waals surface area contributed by atoms with Crippen LogP contribution in [0.15, 0.2) is 28.7 Å². The normalized spacial score (nSPS) is 11.2. The van der Waals surface area contributed by atoms with E-state index in [1.165, 1.54) is 0 Å². The van der Waals surface area contributed by atoms with E-state index < -0.39 is 31.3 Å². The molecule has 0 aliphatic heterocycles. The first-order valence-corrected chi connectivity index (χ1v) is 7.22. The second-order valence-electron chi connectivity index (χ2n) is 3.75. The maximum Gasteiger partial charge on any atom is 0.261 e. The summed E-state index contributed by atoms with van der Waals surface area (Å²) in [7, 11) is 0.816. The average molecular weight is 297 g/mol. The van der Waals surface area contributed by atoms with Crippen LogP contribution in [0, 0.1) is 11.6 Å². The fraction of sp³-hybridized carbons (Fsp3) is 0.273. The zero-order valence-electron chi connectivity index (χ0n) is 9.71. The fourth-order valence-electron chi connectivity index (χ4n) is 1.11. The van der Waals surface area contributed by atoms with Crippen LogP contribution in [-0.4, -0.2) is 15.0 Å². The Morgan fingerprint density at radius 1 is 1.33 bits per heavy atom. The molecular weight excluding hydrogens is 286 g/mol. The van der Waals surface area contributed by atoms with E-state index in [2.05, 4.69) is 0 Å². The molecule has 0 aliphatic carbocycles. The SMILES string of the molecule is CC(C)=CCOc1c(F)cc(S(=O)(=O)Cl)cc1F. The highest BCUT2D eigenvalue weighted by atomic mass is 35.7. The molecule has 18 heavy (non-hydrogen) atoms. The Labute approximate surface area is 108 Å². The zero-order valence-corrected chi connectivity index (χ0v) is 11.3. The summed E-state index contributed by atoms with van der Waals surface area (Å²) in [4.78, 5) is -0.645. The lowest BCUT2D eigenvalue weighted by Crippen LogP contribution is -2.02. The van der Waals surface area contributed by atoms with Crippen molar-refractivity contribution in [3.8, 4) is 5.75 Å². The van der Waals surface area contributed by atoms with Crippen LogP contribution in [0.3, 0.4) is 0 Å². The average Bonchev–Trinajstić information content (AvgIpc) is 2.20. The van der Waals surface area contributed by atoms with Crippen molar-refractivity contribution in [3.05, 3.63) is 35.4 Å². The molecule has 0 spiro atoms. The van der Waals surface area contributed by atoms with E-state index in [0.717, 1.165) is 5.57 Å². The van der Waals surface area contributed by atoms with Crippen LogP contribution in [0.2, 0.25) is 0 Å². The number of hydrogen-bond donors (Lipinski definition) is 0. The lowest BCUT2D eigenvalue weighted by molar-refractivity contribution is 0.319. The zero-order chi connectivity index (χ0) is 13.9. The lowest BCUT2D eigenvalue weighted by atomic mass is 10.3. The molecule has 0 unspecified atom stereocenters. The van der Waals surface area contributed by atoms with Gasteiger partial charge >= 0.3 is 0 Å². The molecule has 0 bridgehead atoms. The Morgan fingerprint density at radius 2 is 1.83 bits per heavy atom. The predicted molar refractivity (Wildman–Crippen MR) is 64.3 cm³/mol. The van der Waals surface area contributed by atoms with E-state index in [9.17, 15) is 17.2 Å². The monoisotopic (exact) mass is 296 g/mol. The Morgan fingerprint density at radius 3 is 2.22 bits per heavy atom. The number of hydrogen-bond acceptors (Lipinski definition) is 3. The number of allylic oxidation sites excluding steroid dienone is 1. The second-order valence-corrected chi connectivity index (χ2v) is 6.31. The van der Waals surface area contributed by atoms with Crippen molar-refractivity contribution in [2.24, 2.45) is 0 Å². The smallest absolute Gasteiger partial charge is 0.261 e. The van der Waals surface area contributed by atoms with Gasteiger partial charge in [0.25, 0.3) is 9.05 Å². The van der Waals surface area contributed by atoms with E-state index in [4.69, 9.17) is 15.4 Å². The van der Waals surface area contributed by atoms with Gasteiger partial charge in [-0.25, -0.2) is 17.2 Å². The Balaban J connectivity index is 3.06. The summed E-state index contributed by atoms with van der Waals surface area (Å²) >= 11 is 0. The molecular formula is C11H11ClF2O3S. The van der Waals surface area contributed by atoms with Crippen LogP contribution in [-0.2, 0) is 9.05 Å². The third-order valence-electron chi connectivity index (χ3n) is 1.97. The van der Waals surface area contributed by atoms with Gasteiger partial charge in [-0.15, -0.1) is 0 Å². The molecule has 0 aliphatic rings. The summed E-state index contributed by atoms with van der Waals surface area (Å²) in [6.07, 6.45) is 1.63. The Bertz CT molecular complexity index is 555. The van der Waals surface area contributed by atoms with Gasteiger partial charge < -0.3 is 4.74 Å².